The molecule has 0 fully saturated rings. The number of rotatable bonds is 2. The fourth-order valence-corrected chi connectivity index (χ4v) is 0.144. The maximum absolute atomic E-state index is 3.70. The number of allylic oxidation sites excluding steroid dienone is 1. The van der Waals surface area contributed by atoms with Crippen LogP contribution in [0.5, 0.6) is 0 Å². The molecule has 0 atom stereocenters. The van der Waals surface area contributed by atoms with Crippen molar-refractivity contribution >= 4 is 17.7 Å². The van der Waals surface area contributed by atoms with Gasteiger partial charge in [-0.15, -0.1) is 0 Å². The van der Waals surface area contributed by atoms with Gasteiger partial charge >= 0.3 is 54.7 Å². The molecule has 0 aromatic carbocycles. The van der Waals surface area contributed by atoms with Gasteiger partial charge in [-0.2, -0.15) is 0 Å². The molecule has 0 amide bonds. The number of hydrogen-bond acceptors (Lipinski definition) is 0. The normalized spacial score (nSPS) is 11.4. The molecule has 0 radical (unpaired) electrons. The van der Waals surface area contributed by atoms with Gasteiger partial charge in [0.2, 0.25) is 0 Å². The van der Waals surface area contributed by atoms with Crippen LogP contribution in [0.25, 0.3) is 0 Å². The van der Waals surface area contributed by atoms with E-state index in [2.05, 4.69) is 38.1 Å². The molecule has 0 aromatic heterocycles. The molecule has 36 valence electrons. The molecule has 0 N–H and O–H groups in total. The topological polar surface area (TPSA) is 0 Å². The minimum atomic E-state index is 0.347. The van der Waals surface area contributed by atoms with Crippen molar-refractivity contribution in [2.45, 2.75) is 18.9 Å². The second-order valence-corrected chi connectivity index (χ2v) is 2.55. The molecular weight excluding hydrogens is 79.0 g/mol. The van der Waals surface area contributed by atoms with Crippen LogP contribution >= 0.6 is 0 Å². The van der Waals surface area contributed by atoms with Crippen LogP contribution in [0, 0.1) is 5.41 Å². The monoisotopic (exact) mass is 90.1 g/mol. The second-order valence-electron chi connectivity index (χ2n) is 2.55. The van der Waals surface area contributed by atoms with Crippen LogP contribution in [0.4, 0.5) is 0 Å². The molecule has 0 unspecified atom stereocenters. The van der Waals surface area contributed by atoms with Gasteiger partial charge in [0.25, 0.3) is 0 Å². The summed E-state index contributed by atoms with van der Waals surface area (Å²) >= 11 is 2.17. The average Bonchev–Trinajstić information content (AvgIpc) is 1.68. The average molecular weight is 90.1 g/mol. The van der Waals surface area contributed by atoms with Crippen LogP contribution in [0.3, 0.4) is 0 Å². The van der Waals surface area contributed by atoms with E-state index in [1.807, 2.05) is 6.08 Å². The summed E-state index contributed by atoms with van der Waals surface area (Å²) in [5.41, 5.74) is 0.347. The Morgan fingerprint density at radius 1 is 1.71 bits per heavy atom. The first-order chi connectivity index (χ1) is 3.12. The first-order valence-electron chi connectivity index (χ1n) is 2.76. The van der Waals surface area contributed by atoms with Crippen LogP contribution in [0.2, 0.25) is 5.09 Å². The molecule has 1 heteroatoms. The molecule has 0 rings (SSSR count). The van der Waals surface area contributed by atoms with E-state index in [-0.39, 0.29) is 0 Å². The summed E-state index contributed by atoms with van der Waals surface area (Å²) in [5.74, 6) is 0. The summed E-state index contributed by atoms with van der Waals surface area (Å²) in [6, 6.07) is 0. The van der Waals surface area contributed by atoms with Gasteiger partial charge in [0.1, 0.15) is 0 Å². The molecule has 7 heavy (non-hydrogen) atoms. The van der Waals surface area contributed by atoms with Gasteiger partial charge in [-0.3, -0.25) is 0 Å². The van der Waals surface area contributed by atoms with E-state index in [9.17, 15) is 0 Å². The van der Waals surface area contributed by atoms with Crippen molar-refractivity contribution in [3.63, 3.8) is 0 Å². The van der Waals surface area contributed by atoms with Crippen molar-refractivity contribution in [2.24, 2.45) is 5.41 Å². The first-order valence-corrected chi connectivity index (χ1v) is 2.76. The van der Waals surface area contributed by atoms with Gasteiger partial charge in [0.05, 0.1) is 0 Å². The van der Waals surface area contributed by atoms with Gasteiger partial charge in [-0.05, 0) is 0 Å². The van der Waals surface area contributed by atoms with Gasteiger partial charge in [-0.1, -0.05) is 0 Å². The molecule has 0 nitrogen and oxygen atoms in total. The van der Waals surface area contributed by atoms with Gasteiger partial charge < -0.3 is 0 Å². The maximum atomic E-state index is 3.70. The molecule has 0 aromatic rings. The standard InChI is InChI=1S/C6H11.Li/c1-5-6(2,3)4;/h5H,1-2H2,3-4H3;. The summed E-state index contributed by atoms with van der Waals surface area (Å²) in [6.07, 6.45) is 1.99. The van der Waals surface area contributed by atoms with Gasteiger partial charge in [0, 0.05) is 0 Å². The van der Waals surface area contributed by atoms with E-state index in [0.717, 1.165) is 0 Å². The summed E-state index contributed by atoms with van der Waals surface area (Å²) in [5, 5.41) is 1.18. The van der Waals surface area contributed by atoms with Gasteiger partial charge in [0.15, 0.2) is 0 Å². The molecular formula is C6H11Li. The third-order valence-corrected chi connectivity index (χ3v) is 1.46. The summed E-state index contributed by atoms with van der Waals surface area (Å²) in [4.78, 5) is 0. The molecule has 0 aliphatic rings. The van der Waals surface area contributed by atoms with Crippen LogP contribution < -0.4 is 0 Å². The van der Waals surface area contributed by atoms with Crippen molar-refractivity contribution in [3.05, 3.63) is 12.7 Å². The third kappa shape index (κ3) is 2.97. The molecule has 0 aliphatic heterocycles. The van der Waals surface area contributed by atoms with Crippen LogP contribution in [0.15, 0.2) is 12.7 Å². The molecule has 0 saturated carbocycles. The zero-order valence-electron chi connectivity index (χ0n) is 5.49. The number of hydrogen-bond donors (Lipinski definition) is 0. The van der Waals surface area contributed by atoms with Crippen molar-refractivity contribution in [2.75, 3.05) is 0 Å². The van der Waals surface area contributed by atoms with E-state index in [0.29, 0.717) is 5.41 Å². The Morgan fingerprint density at radius 2 is 2.14 bits per heavy atom. The third-order valence-electron chi connectivity index (χ3n) is 1.46. The first kappa shape index (κ1) is 7.34. The predicted molar refractivity (Wildman–Crippen MR) is 34.5 cm³/mol. The Labute approximate surface area is 55.2 Å². The van der Waals surface area contributed by atoms with Crippen LogP contribution in [0.1, 0.15) is 13.8 Å². The molecule has 0 bridgehead atoms. The Morgan fingerprint density at radius 3 is 2.14 bits per heavy atom. The summed E-state index contributed by atoms with van der Waals surface area (Å²) < 4.78 is 0. The molecule has 0 heterocycles. The molecule has 0 spiro atoms. The van der Waals surface area contributed by atoms with E-state index in [1.54, 1.807) is 0 Å². The van der Waals surface area contributed by atoms with Crippen molar-refractivity contribution in [1.82, 2.24) is 0 Å². The van der Waals surface area contributed by atoms with Crippen LogP contribution in [-0.4, -0.2) is 17.7 Å². The zero-order valence-corrected chi connectivity index (χ0v) is 5.49. The zero-order chi connectivity index (χ0) is 5.91. The SMILES string of the molecule is [Li][CH2]C(C)(C)C=C. The molecule has 0 aliphatic carbocycles. The Balaban J connectivity index is 3.58. The molecule has 0 saturated heterocycles. The van der Waals surface area contributed by atoms with E-state index in [4.69, 9.17) is 0 Å². The summed E-state index contributed by atoms with van der Waals surface area (Å²) in [7, 11) is 0. The van der Waals surface area contributed by atoms with Crippen LogP contribution in [-0.2, 0) is 0 Å². The van der Waals surface area contributed by atoms with Crippen molar-refractivity contribution in [1.29, 1.82) is 0 Å². The fourth-order valence-electron chi connectivity index (χ4n) is 0.144. The predicted octanol–water partition coefficient (Wildman–Crippen LogP) is 1.79. The minimum absolute atomic E-state index is 0.347. The quantitative estimate of drug-likeness (QED) is 0.358. The Hall–Kier alpha value is 0.337. The second kappa shape index (κ2) is 2.60. The van der Waals surface area contributed by atoms with Crippen molar-refractivity contribution in [3.8, 4) is 0 Å². The van der Waals surface area contributed by atoms with Crippen molar-refractivity contribution < 1.29 is 0 Å². The summed E-state index contributed by atoms with van der Waals surface area (Å²) in [6.45, 7) is 8.06. The van der Waals surface area contributed by atoms with E-state index < -0.39 is 0 Å². The van der Waals surface area contributed by atoms with E-state index >= 15 is 0 Å². The Bertz CT molecular complexity index is 64.6. The Kier molecular flexibility index (Phi) is 2.72. The van der Waals surface area contributed by atoms with E-state index in [1.165, 1.54) is 5.09 Å². The fraction of sp³-hybridized carbons (Fsp3) is 0.667. The van der Waals surface area contributed by atoms with Gasteiger partial charge in [-0.25, -0.2) is 0 Å².